The summed E-state index contributed by atoms with van der Waals surface area (Å²) in [6.45, 7) is 0. The van der Waals surface area contributed by atoms with Crippen molar-refractivity contribution in [3.05, 3.63) is 68.2 Å². The van der Waals surface area contributed by atoms with Gasteiger partial charge < -0.3 is 5.32 Å². The number of nitrogens with zero attached hydrogens (tertiary/aromatic N) is 1. The average Bonchev–Trinajstić information content (AvgIpc) is 2.54. The largest absolute Gasteiger partial charge is 0.330 e. The number of benzene rings is 2. The number of non-ortho nitro benzene ring substituents is 1. The predicted molar refractivity (Wildman–Crippen MR) is 96.4 cm³/mol. The molecule has 0 aliphatic heterocycles. The van der Waals surface area contributed by atoms with Gasteiger partial charge in [-0.25, -0.2) is 0 Å². The van der Waals surface area contributed by atoms with Crippen LogP contribution in [0.25, 0.3) is 0 Å². The van der Waals surface area contributed by atoms with Crippen LogP contribution in [0, 0.1) is 10.1 Å². The Kier molecular flexibility index (Phi) is 5.91. The second-order valence-electron chi connectivity index (χ2n) is 4.46. The lowest BCUT2D eigenvalue weighted by Gasteiger charge is -2.12. The van der Waals surface area contributed by atoms with Gasteiger partial charge in [0.25, 0.3) is 11.6 Å². The molecule has 0 spiro atoms. The number of thiocarbonyl (C=S) groups is 1. The van der Waals surface area contributed by atoms with Gasteiger partial charge in [0.05, 0.1) is 15.6 Å². The highest BCUT2D eigenvalue weighted by molar-refractivity contribution is 7.80. The molecule has 0 aliphatic carbocycles. The number of hydrogen-bond donors (Lipinski definition) is 3. The van der Waals surface area contributed by atoms with E-state index in [1.807, 2.05) is 0 Å². The van der Waals surface area contributed by atoms with Crippen LogP contribution in [0.2, 0.25) is 10.0 Å². The summed E-state index contributed by atoms with van der Waals surface area (Å²) >= 11 is 16.8. The van der Waals surface area contributed by atoms with E-state index in [-0.39, 0.29) is 21.5 Å². The van der Waals surface area contributed by atoms with Crippen LogP contribution < -0.4 is 16.2 Å². The standard InChI is InChI=1S/C14H10Cl2N4O3S/c15-9-3-1-2-8(6-9)13(21)18-19-14(24)17-12-7-10(20(22)23)4-5-11(12)16/h1-7H,(H,18,21)(H2,17,19,24). The molecule has 0 saturated carbocycles. The summed E-state index contributed by atoms with van der Waals surface area (Å²) in [5, 5.41) is 14.1. The zero-order chi connectivity index (χ0) is 17.7. The first-order chi connectivity index (χ1) is 11.4. The molecule has 0 heterocycles. The van der Waals surface area contributed by atoms with Gasteiger partial charge in [-0.3, -0.25) is 25.8 Å². The number of hydrogen-bond acceptors (Lipinski definition) is 4. The molecule has 0 saturated heterocycles. The zero-order valence-corrected chi connectivity index (χ0v) is 14.2. The minimum absolute atomic E-state index is 0.00720. The summed E-state index contributed by atoms with van der Waals surface area (Å²) in [6.07, 6.45) is 0. The lowest BCUT2D eigenvalue weighted by atomic mass is 10.2. The van der Waals surface area contributed by atoms with Crippen LogP contribution in [0.15, 0.2) is 42.5 Å². The van der Waals surface area contributed by atoms with Gasteiger partial charge >= 0.3 is 0 Å². The molecule has 2 rings (SSSR count). The van der Waals surface area contributed by atoms with E-state index in [1.165, 1.54) is 24.3 Å². The predicted octanol–water partition coefficient (Wildman–Crippen LogP) is 3.53. The van der Waals surface area contributed by atoms with Gasteiger partial charge in [0.2, 0.25) is 0 Å². The van der Waals surface area contributed by atoms with E-state index < -0.39 is 10.8 Å². The SMILES string of the molecule is O=C(NNC(=S)Nc1cc([N+](=O)[O-])ccc1Cl)c1cccc(Cl)c1. The van der Waals surface area contributed by atoms with Gasteiger partial charge in [0.15, 0.2) is 5.11 Å². The van der Waals surface area contributed by atoms with Crippen molar-refractivity contribution >= 4 is 57.8 Å². The Morgan fingerprint density at radius 1 is 1.12 bits per heavy atom. The van der Waals surface area contributed by atoms with Gasteiger partial charge in [-0.05, 0) is 36.5 Å². The molecule has 0 aliphatic rings. The van der Waals surface area contributed by atoms with E-state index in [0.29, 0.717) is 10.6 Å². The minimum atomic E-state index is -0.557. The highest BCUT2D eigenvalue weighted by Gasteiger charge is 2.11. The van der Waals surface area contributed by atoms with Crippen LogP contribution in [-0.4, -0.2) is 15.9 Å². The second-order valence-corrected chi connectivity index (χ2v) is 5.72. The number of carbonyl (C=O) groups excluding carboxylic acids is 1. The fourth-order valence-electron chi connectivity index (χ4n) is 1.69. The van der Waals surface area contributed by atoms with Crippen molar-refractivity contribution in [2.75, 3.05) is 5.32 Å². The molecule has 10 heteroatoms. The van der Waals surface area contributed by atoms with Crippen LogP contribution in [0.1, 0.15) is 10.4 Å². The molecular weight excluding hydrogens is 375 g/mol. The third-order valence-electron chi connectivity index (χ3n) is 2.79. The molecule has 2 aromatic rings. The smallest absolute Gasteiger partial charge is 0.271 e. The van der Waals surface area contributed by atoms with Gasteiger partial charge in [-0.15, -0.1) is 0 Å². The maximum atomic E-state index is 11.9. The number of halogens is 2. The molecular formula is C14H10Cl2N4O3S. The van der Waals surface area contributed by atoms with E-state index in [0.717, 1.165) is 0 Å². The van der Waals surface area contributed by atoms with Crippen molar-refractivity contribution in [3.8, 4) is 0 Å². The Labute approximate surface area is 152 Å². The van der Waals surface area contributed by atoms with Crippen molar-refractivity contribution in [3.63, 3.8) is 0 Å². The molecule has 7 nitrogen and oxygen atoms in total. The first kappa shape index (κ1) is 17.9. The van der Waals surface area contributed by atoms with Crippen molar-refractivity contribution in [2.24, 2.45) is 0 Å². The number of carbonyl (C=O) groups is 1. The molecule has 1 amide bonds. The van der Waals surface area contributed by atoms with Gasteiger partial charge in [-0.2, -0.15) is 0 Å². The van der Waals surface area contributed by atoms with Crippen LogP contribution >= 0.6 is 35.4 Å². The fraction of sp³-hybridized carbons (Fsp3) is 0. The summed E-state index contributed by atoms with van der Waals surface area (Å²) in [4.78, 5) is 22.1. The summed E-state index contributed by atoms with van der Waals surface area (Å²) in [5.74, 6) is -0.452. The number of anilines is 1. The number of rotatable bonds is 3. The lowest BCUT2D eigenvalue weighted by Crippen LogP contribution is -2.43. The van der Waals surface area contributed by atoms with Gasteiger partial charge in [0.1, 0.15) is 0 Å². The third kappa shape index (κ3) is 4.79. The van der Waals surface area contributed by atoms with Crippen LogP contribution in [0.5, 0.6) is 0 Å². The van der Waals surface area contributed by atoms with Crippen LogP contribution in [0.4, 0.5) is 11.4 Å². The Balaban J connectivity index is 1.97. The molecule has 0 radical (unpaired) electrons. The van der Waals surface area contributed by atoms with Crippen molar-refractivity contribution in [1.82, 2.24) is 10.9 Å². The zero-order valence-electron chi connectivity index (χ0n) is 11.9. The summed E-state index contributed by atoms with van der Waals surface area (Å²) < 4.78 is 0. The van der Waals surface area contributed by atoms with Crippen LogP contribution in [-0.2, 0) is 0 Å². The maximum Gasteiger partial charge on any atom is 0.271 e. The Bertz CT molecular complexity index is 816. The molecule has 0 fully saturated rings. The number of nitro benzene ring substituents is 1. The molecule has 0 atom stereocenters. The Hall–Kier alpha value is -2.42. The first-order valence-corrected chi connectivity index (χ1v) is 7.60. The molecule has 0 aromatic heterocycles. The first-order valence-electron chi connectivity index (χ1n) is 6.43. The normalized spacial score (nSPS) is 9.92. The lowest BCUT2D eigenvalue weighted by molar-refractivity contribution is -0.384. The summed E-state index contributed by atoms with van der Waals surface area (Å²) in [5.41, 5.74) is 5.28. The second kappa shape index (κ2) is 7.91. The fourth-order valence-corrected chi connectivity index (χ4v) is 2.21. The van der Waals surface area contributed by atoms with Crippen molar-refractivity contribution in [1.29, 1.82) is 0 Å². The Morgan fingerprint density at radius 3 is 2.54 bits per heavy atom. The Morgan fingerprint density at radius 2 is 1.88 bits per heavy atom. The monoisotopic (exact) mass is 384 g/mol. The summed E-state index contributed by atoms with van der Waals surface area (Å²) in [7, 11) is 0. The summed E-state index contributed by atoms with van der Waals surface area (Å²) in [6, 6.07) is 10.2. The molecule has 124 valence electrons. The highest BCUT2D eigenvalue weighted by Crippen LogP contribution is 2.26. The van der Waals surface area contributed by atoms with E-state index in [2.05, 4.69) is 16.2 Å². The molecule has 24 heavy (non-hydrogen) atoms. The number of nitrogens with one attached hydrogen (secondary N) is 3. The molecule has 0 bridgehead atoms. The number of hydrazine groups is 1. The molecule has 3 N–H and O–H groups in total. The molecule has 2 aromatic carbocycles. The average molecular weight is 385 g/mol. The number of amides is 1. The van der Waals surface area contributed by atoms with Gasteiger partial charge in [0, 0.05) is 22.7 Å². The third-order valence-corrected chi connectivity index (χ3v) is 3.55. The van der Waals surface area contributed by atoms with Crippen LogP contribution in [0.3, 0.4) is 0 Å². The topological polar surface area (TPSA) is 96.3 Å². The number of nitro groups is 1. The van der Waals surface area contributed by atoms with E-state index in [4.69, 9.17) is 35.4 Å². The maximum absolute atomic E-state index is 11.9. The highest BCUT2D eigenvalue weighted by atomic mass is 35.5. The molecule has 0 unspecified atom stereocenters. The van der Waals surface area contributed by atoms with Gasteiger partial charge in [-0.1, -0.05) is 29.3 Å². The van der Waals surface area contributed by atoms with E-state index in [9.17, 15) is 14.9 Å². The van der Waals surface area contributed by atoms with Crippen molar-refractivity contribution < 1.29 is 9.72 Å². The van der Waals surface area contributed by atoms with E-state index >= 15 is 0 Å². The van der Waals surface area contributed by atoms with Crippen molar-refractivity contribution in [2.45, 2.75) is 0 Å². The van der Waals surface area contributed by atoms with E-state index in [1.54, 1.807) is 18.2 Å². The minimum Gasteiger partial charge on any atom is -0.330 e. The quantitative estimate of drug-likeness (QED) is 0.425.